The van der Waals surface area contributed by atoms with Crippen molar-refractivity contribution < 1.29 is 9.47 Å². The fourth-order valence-corrected chi connectivity index (χ4v) is 2.21. The number of rotatable bonds is 7. The number of aryl methyl sites for hydroxylation is 1. The largest absolute Gasteiger partial charge is 0.381 e. The fourth-order valence-electron chi connectivity index (χ4n) is 1.99. The Morgan fingerprint density at radius 2 is 2.47 bits per heavy atom. The number of halogens is 1. The molecule has 0 amide bonds. The molecule has 1 aromatic rings. The first-order chi connectivity index (χ1) is 9.25. The van der Waals surface area contributed by atoms with Crippen LogP contribution in [0.25, 0.3) is 0 Å². The second-order valence-electron chi connectivity index (χ2n) is 4.90. The second kappa shape index (κ2) is 7.82. The molecule has 1 aliphatic rings. The smallest absolute Gasteiger partial charge is 0.126 e. The van der Waals surface area contributed by atoms with Gasteiger partial charge < -0.3 is 14.8 Å². The lowest BCUT2D eigenvalue weighted by Gasteiger charge is -2.10. The summed E-state index contributed by atoms with van der Waals surface area (Å²) in [6.45, 7) is 6.32. The van der Waals surface area contributed by atoms with E-state index in [9.17, 15) is 0 Å². The number of anilines is 1. The van der Waals surface area contributed by atoms with Crippen LogP contribution in [0, 0.1) is 12.8 Å². The van der Waals surface area contributed by atoms with Crippen LogP contribution in [0.3, 0.4) is 0 Å². The molecule has 0 spiro atoms. The van der Waals surface area contributed by atoms with Gasteiger partial charge in [-0.1, -0.05) is 0 Å². The fraction of sp³-hybridized carbons (Fsp3) is 0.643. The van der Waals surface area contributed by atoms with E-state index in [4.69, 9.17) is 9.47 Å². The average molecular weight is 329 g/mol. The van der Waals surface area contributed by atoms with E-state index in [0.717, 1.165) is 56.1 Å². The van der Waals surface area contributed by atoms with Crippen LogP contribution < -0.4 is 5.32 Å². The van der Waals surface area contributed by atoms with E-state index >= 15 is 0 Å². The van der Waals surface area contributed by atoms with Gasteiger partial charge in [0.25, 0.3) is 0 Å². The lowest BCUT2D eigenvalue weighted by molar-refractivity contribution is 0.0897. The summed E-state index contributed by atoms with van der Waals surface area (Å²) in [6.07, 6.45) is 3.96. The van der Waals surface area contributed by atoms with Gasteiger partial charge >= 0.3 is 0 Å². The number of nitrogens with zero attached hydrogens (tertiary/aromatic N) is 1. The predicted octanol–water partition coefficient (Wildman–Crippen LogP) is 3.01. The highest BCUT2D eigenvalue weighted by Crippen LogP contribution is 2.17. The molecule has 0 aliphatic carbocycles. The third kappa shape index (κ3) is 5.09. The lowest BCUT2D eigenvalue weighted by Crippen LogP contribution is -2.12. The molecule has 106 valence electrons. The molecule has 5 heteroatoms. The minimum absolute atomic E-state index is 0.601. The van der Waals surface area contributed by atoms with Gasteiger partial charge in [-0.15, -0.1) is 0 Å². The van der Waals surface area contributed by atoms with Gasteiger partial charge in [0, 0.05) is 36.3 Å². The summed E-state index contributed by atoms with van der Waals surface area (Å²) in [4.78, 5) is 4.30. The van der Waals surface area contributed by atoms with Gasteiger partial charge in [0.1, 0.15) is 5.82 Å². The molecular weight excluding hydrogens is 308 g/mol. The van der Waals surface area contributed by atoms with E-state index in [0.29, 0.717) is 5.92 Å². The van der Waals surface area contributed by atoms with Gasteiger partial charge in [-0.2, -0.15) is 0 Å². The molecule has 1 atom stereocenters. The van der Waals surface area contributed by atoms with Crippen molar-refractivity contribution in [3.05, 3.63) is 22.3 Å². The number of hydrogen-bond donors (Lipinski definition) is 1. The standard InChI is InChI=1S/C14H21BrN2O2/c1-11-7-14(17-8-13(11)15)16-4-2-5-18-9-12-3-6-19-10-12/h7-8,12H,2-6,9-10H2,1H3,(H,16,17)/t12-/m1/s1. The van der Waals surface area contributed by atoms with Crippen molar-refractivity contribution in [1.29, 1.82) is 0 Å². The summed E-state index contributed by atoms with van der Waals surface area (Å²) in [5.41, 5.74) is 1.19. The summed E-state index contributed by atoms with van der Waals surface area (Å²) in [6, 6.07) is 2.04. The quantitative estimate of drug-likeness (QED) is 0.781. The van der Waals surface area contributed by atoms with E-state index in [-0.39, 0.29) is 0 Å². The van der Waals surface area contributed by atoms with Crippen LogP contribution in [0.5, 0.6) is 0 Å². The monoisotopic (exact) mass is 328 g/mol. The van der Waals surface area contributed by atoms with E-state index in [1.54, 1.807) is 0 Å². The van der Waals surface area contributed by atoms with Gasteiger partial charge in [0.15, 0.2) is 0 Å². The van der Waals surface area contributed by atoms with Crippen molar-refractivity contribution in [2.75, 3.05) is 38.3 Å². The highest BCUT2D eigenvalue weighted by Gasteiger charge is 2.15. The lowest BCUT2D eigenvalue weighted by atomic mass is 10.1. The normalized spacial score (nSPS) is 18.7. The Hall–Kier alpha value is -0.650. The molecule has 2 heterocycles. The molecule has 0 radical (unpaired) electrons. The van der Waals surface area contributed by atoms with Gasteiger partial charge in [-0.25, -0.2) is 4.98 Å². The van der Waals surface area contributed by atoms with E-state index in [2.05, 4.69) is 33.2 Å². The molecule has 1 fully saturated rings. The SMILES string of the molecule is Cc1cc(NCCCOC[C@H]2CCOC2)ncc1Br. The van der Waals surface area contributed by atoms with Crippen LogP contribution >= 0.6 is 15.9 Å². The molecule has 0 saturated carbocycles. The molecule has 4 nitrogen and oxygen atoms in total. The van der Waals surface area contributed by atoms with Gasteiger partial charge in [0.05, 0.1) is 13.2 Å². The Morgan fingerprint density at radius 3 is 3.21 bits per heavy atom. The molecule has 0 unspecified atom stereocenters. The number of aromatic nitrogens is 1. The first kappa shape index (κ1) is 14.8. The van der Waals surface area contributed by atoms with Crippen molar-refractivity contribution in [3.63, 3.8) is 0 Å². The maximum Gasteiger partial charge on any atom is 0.126 e. The van der Waals surface area contributed by atoms with Crippen molar-refractivity contribution in [1.82, 2.24) is 4.98 Å². The Labute approximate surface area is 123 Å². The van der Waals surface area contributed by atoms with Crippen LogP contribution in [0.2, 0.25) is 0 Å². The molecule has 1 aliphatic heterocycles. The van der Waals surface area contributed by atoms with Crippen LogP contribution in [-0.2, 0) is 9.47 Å². The van der Waals surface area contributed by atoms with Gasteiger partial charge in [-0.3, -0.25) is 0 Å². The van der Waals surface area contributed by atoms with Crippen LogP contribution in [0.15, 0.2) is 16.7 Å². The van der Waals surface area contributed by atoms with Crippen LogP contribution in [0.1, 0.15) is 18.4 Å². The average Bonchev–Trinajstić information content (AvgIpc) is 2.91. The van der Waals surface area contributed by atoms with Gasteiger partial charge in [0.2, 0.25) is 0 Å². The molecule has 0 bridgehead atoms. The third-order valence-electron chi connectivity index (χ3n) is 3.20. The van der Waals surface area contributed by atoms with Crippen molar-refractivity contribution >= 4 is 21.7 Å². The van der Waals surface area contributed by atoms with E-state index in [1.807, 2.05) is 12.3 Å². The number of ether oxygens (including phenoxy) is 2. The minimum Gasteiger partial charge on any atom is -0.381 e. The second-order valence-corrected chi connectivity index (χ2v) is 5.76. The maximum absolute atomic E-state index is 5.65. The number of nitrogens with one attached hydrogen (secondary N) is 1. The van der Waals surface area contributed by atoms with Crippen LogP contribution in [-0.4, -0.2) is 38.0 Å². The third-order valence-corrected chi connectivity index (χ3v) is 4.03. The predicted molar refractivity (Wildman–Crippen MR) is 79.5 cm³/mol. The maximum atomic E-state index is 5.65. The summed E-state index contributed by atoms with van der Waals surface area (Å²) < 4.78 is 12.0. The molecule has 2 rings (SSSR count). The van der Waals surface area contributed by atoms with Gasteiger partial charge in [-0.05, 0) is 47.3 Å². The van der Waals surface area contributed by atoms with E-state index in [1.165, 1.54) is 5.56 Å². The van der Waals surface area contributed by atoms with Crippen LogP contribution in [0.4, 0.5) is 5.82 Å². The summed E-state index contributed by atoms with van der Waals surface area (Å²) in [5, 5.41) is 3.30. The molecule has 19 heavy (non-hydrogen) atoms. The minimum atomic E-state index is 0.601. The zero-order valence-corrected chi connectivity index (χ0v) is 12.9. The highest BCUT2D eigenvalue weighted by atomic mass is 79.9. The number of hydrogen-bond acceptors (Lipinski definition) is 4. The first-order valence-corrected chi connectivity index (χ1v) is 7.56. The molecule has 1 N–H and O–H groups in total. The zero-order chi connectivity index (χ0) is 13.5. The highest BCUT2D eigenvalue weighted by molar-refractivity contribution is 9.10. The first-order valence-electron chi connectivity index (χ1n) is 6.77. The zero-order valence-electron chi connectivity index (χ0n) is 11.3. The van der Waals surface area contributed by atoms with Crippen molar-refractivity contribution in [2.24, 2.45) is 5.92 Å². The molecule has 0 aromatic carbocycles. The summed E-state index contributed by atoms with van der Waals surface area (Å²) in [7, 11) is 0. The number of pyridine rings is 1. The summed E-state index contributed by atoms with van der Waals surface area (Å²) in [5.74, 6) is 1.52. The Balaban J connectivity index is 1.54. The Bertz CT molecular complexity index is 395. The molecular formula is C14H21BrN2O2. The van der Waals surface area contributed by atoms with E-state index < -0.39 is 0 Å². The van der Waals surface area contributed by atoms with Crippen molar-refractivity contribution in [2.45, 2.75) is 19.8 Å². The summed E-state index contributed by atoms with van der Waals surface area (Å²) >= 11 is 3.44. The Kier molecular flexibility index (Phi) is 6.07. The molecule has 1 aromatic heterocycles. The Morgan fingerprint density at radius 1 is 1.58 bits per heavy atom. The molecule has 1 saturated heterocycles. The van der Waals surface area contributed by atoms with Crippen molar-refractivity contribution in [3.8, 4) is 0 Å². The topological polar surface area (TPSA) is 43.4 Å².